The van der Waals surface area contributed by atoms with Gasteiger partial charge in [0.2, 0.25) is 0 Å². The number of anilines is 1. The number of allylic oxidation sites excluding steroid dienone is 2. The first-order valence-electron chi connectivity index (χ1n) is 14.0. The molecule has 4 heterocycles. The summed E-state index contributed by atoms with van der Waals surface area (Å²) >= 11 is 6.40. The summed E-state index contributed by atoms with van der Waals surface area (Å²) in [7, 11) is 4.05. The van der Waals surface area contributed by atoms with Crippen LogP contribution in [0.25, 0.3) is 22.9 Å². The number of benzene rings is 2. The van der Waals surface area contributed by atoms with Crippen molar-refractivity contribution in [3.05, 3.63) is 138 Å². The van der Waals surface area contributed by atoms with E-state index < -0.39 is 0 Å². The molecular formula is C35H32ClN6O2+. The Kier molecular flexibility index (Phi) is 9.12. The summed E-state index contributed by atoms with van der Waals surface area (Å²) < 4.78 is 5.40. The molecule has 2 aromatic carbocycles. The van der Waals surface area contributed by atoms with E-state index in [-0.39, 0.29) is 16.8 Å². The zero-order valence-corrected chi connectivity index (χ0v) is 25.7. The number of aryl methyl sites for hydroxylation is 3. The molecule has 0 saturated carbocycles. The van der Waals surface area contributed by atoms with E-state index in [9.17, 15) is 9.90 Å². The third-order valence-electron chi connectivity index (χ3n) is 6.98. The largest absolute Gasteiger partial charge is 0.858 e. The summed E-state index contributed by atoms with van der Waals surface area (Å²) in [6, 6.07) is 26.8. The zero-order chi connectivity index (χ0) is 31.2. The van der Waals surface area contributed by atoms with Crippen LogP contribution in [-0.2, 0) is 18.9 Å². The number of carbonyl (C=O) groups excluding carboxylic acids is 1. The van der Waals surface area contributed by atoms with Gasteiger partial charge in [0.25, 0.3) is 5.91 Å². The quantitative estimate of drug-likeness (QED) is 0.205. The highest BCUT2D eigenvalue weighted by atomic mass is 35.5. The van der Waals surface area contributed by atoms with Crippen LogP contribution in [-0.4, -0.2) is 21.4 Å². The molecule has 1 aliphatic rings. The third kappa shape index (κ3) is 6.82. The molecule has 0 N–H and O–H groups in total. The lowest BCUT2D eigenvalue weighted by molar-refractivity contribution is -0.671. The van der Waals surface area contributed by atoms with E-state index in [0.717, 1.165) is 0 Å². The number of aromatic nitrogens is 4. The van der Waals surface area contributed by atoms with Crippen molar-refractivity contribution >= 4 is 35.0 Å². The second-order valence-corrected chi connectivity index (χ2v) is 10.7. The molecule has 220 valence electrons. The van der Waals surface area contributed by atoms with E-state index in [1.54, 1.807) is 38.1 Å². The Morgan fingerprint density at radius 2 is 1.30 bits per heavy atom. The molecule has 9 heteroatoms. The van der Waals surface area contributed by atoms with Gasteiger partial charge in [-0.3, -0.25) is 4.79 Å². The Balaban J connectivity index is 0.000000229. The number of amides is 1. The molecule has 0 bridgehead atoms. The van der Waals surface area contributed by atoms with Crippen molar-refractivity contribution < 1.29 is 19.0 Å². The van der Waals surface area contributed by atoms with Crippen LogP contribution in [0.5, 0.6) is 5.88 Å². The molecule has 0 radical (unpaired) electrons. The Morgan fingerprint density at radius 1 is 0.795 bits per heavy atom. The fourth-order valence-corrected chi connectivity index (χ4v) is 4.78. The van der Waals surface area contributed by atoms with Crippen molar-refractivity contribution in [3.63, 3.8) is 0 Å². The number of hydrazone groups is 1. The van der Waals surface area contributed by atoms with Gasteiger partial charge in [-0.25, -0.2) is 13.8 Å². The van der Waals surface area contributed by atoms with Crippen LogP contribution in [0.1, 0.15) is 18.2 Å². The third-order valence-corrected chi connectivity index (χ3v) is 7.20. The number of carbonyl (C=O) groups is 1. The Hall–Kier alpha value is -5.34. The topological polar surface area (TPSA) is 81.3 Å². The van der Waals surface area contributed by atoms with Crippen molar-refractivity contribution in [2.75, 3.05) is 5.01 Å². The second-order valence-electron chi connectivity index (χ2n) is 10.3. The maximum absolute atomic E-state index is 12.8. The minimum Gasteiger partial charge on any atom is -0.858 e. The van der Waals surface area contributed by atoms with Gasteiger partial charge in [0, 0.05) is 34.9 Å². The van der Waals surface area contributed by atoms with Gasteiger partial charge in [0.05, 0.1) is 28.4 Å². The van der Waals surface area contributed by atoms with Gasteiger partial charge in [-0.1, -0.05) is 48.0 Å². The molecule has 0 atom stereocenters. The van der Waals surface area contributed by atoms with Gasteiger partial charge >= 0.3 is 0 Å². The number of hydrogen-bond acceptors (Lipinski definition) is 4. The van der Waals surface area contributed by atoms with Crippen LogP contribution in [0.2, 0.25) is 0 Å². The molecular weight excluding hydrogens is 572 g/mol. The number of para-hydroxylation sites is 2. The summed E-state index contributed by atoms with van der Waals surface area (Å²) in [5.41, 5.74) is 5.71. The molecule has 3 aromatic heterocycles. The number of pyridine rings is 2. The van der Waals surface area contributed by atoms with Crippen molar-refractivity contribution in [1.82, 2.24) is 9.78 Å². The first-order valence-corrected chi connectivity index (χ1v) is 14.4. The minimum atomic E-state index is -0.274. The lowest BCUT2D eigenvalue weighted by atomic mass is 10.1. The molecule has 0 fully saturated rings. The van der Waals surface area contributed by atoms with Crippen molar-refractivity contribution in [2.24, 2.45) is 19.2 Å². The molecule has 8 nitrogen and oxygen atoms in total. The average Bonchev–Trinajstić information content (AvgIpc) is 3.48. The number of nitrogens with zero attached hydrogens (tertiary/aromatic N) is 6. The number of halogens is 1. The summed E-state index contributed by atoms with van der Waals surface area (Å²) in [5, 5.41) is 23.0. The first-order chi connectivity index (χ1) is 21.2. The van der Waals surface area contributed by atoms with Gasteiger partial charge < -0.3 is 5.11 Å². The standard InChI is InChI=1S/C23H19ClN4O2.C12H14N2/c1-15-20(22(29)27(25-15)18-9-5-3-6-10-18)13-17(24)14-21-16(2)26-28(23(21)30)19-11-7-4-8-12-19;1-13-7-3-11(4-8-13)12-5-9-14(2)10-6-12/h3-14,29H,1-2H3;3-10H,1-2H3/q;+2/p-1. The summed E-state index contributed by atoms with van der Waals surface area (Å²) in [5.74, 6) is -0.548. The molecule has 44 heavy (non-hydrogen) atoms. The average molecular weight is 604 g/mol. The Labute approximate surface area is 261 Å². The van der Waals surface area contributed by atoms with E-state index in [4.69, 9.17) is 11.6 Å². The van der Waals surface area contributed by atoms with Crippen LogP contribution in [0.3, 0.4) is 0 Å². The highest BCUT2D eigenvalue weighted by molar-refractivity contribution is 6.36. The lowest BCUT2D eigenvalue weighted by Crippen LogP contribution is -2.26. The highest BCUT2D eigenvalue weighted by Crippen LogP contribution is 2.28. The lowest BCUT2D eigenvalue weighted by Gasteiger charge is -2.12. The number of hydrogen-bond donors (Lipinski definition) is 0. The molecule has 5 aromatic rings. The van der Waals surface area contributed by atoms with Gasteiger partial charge in [0.1, 0.15) is 14.1 Å². The number of rotatable bonds is 5. The van der Waals surface area contributed by atoms with Gasteiger partial charge in [-0.2, -0.15) is 15.2 Å². The minimum absolute atomic E-state index is 0.246. The van der Waals surface area contributed by atoms with Gasteiger partial charge in [-0.05, 0) is 67.3 Å². The van der Waals surface area contributed by atoms with E-state index in [2.05, 4.69) is 59.3 Å². The molecule has 0 unspecified atom stereocenters. The van der Waals surface area contributed by atoms with Gasteiger partial charge in [-0.15, -0.1) is 0 Å². The summed E-state index contributed by atoms with van der Waals surface area (Å²) in [4.78, 5) is 12.8. The van der Waals surface area contributed by atoms with E-state index in [1.807, 2.05) is 59.6 Å². The Morgan fingerprint density at radius 3 is 1.82 bits per heavy atom. The zero-order valence-electron chi connectivity index (χ0n) is 24.9. The van der Waals surface area contributed by atoms with Crippen LogP contribution < -0.4 is 19.2 Å². The molecule has 0 saturated heterocycles. The van der Waals surface area contributed by atoms with Crippen LogP contribution >= 0.6 is 11.6 Å². The predicted octanol–water partition coefficient (Wildman–Crippen LogP) is 5.19. The molecule has 0 aliphatic carbocycles. The summed E-state index contributed by atoms with van der Waals surface area (Å²) in [6.45, 7) is 3.49. The fourth-order valence-electron chi connectivity index (χ4n) is 4.56. The molecule has 1 aliphatic heterocycles. The maximum atomic E-state index is 12.8. The van der Waals surface area contributed by atoms with Crippen molar-refractivity contribution in [1.29, 1.82) is 0 Å². The second kappa shape index (κ2) is 13.3. The monoisotopic (exact) mass is 603 g/mol. The van der Waals surface area contributed by atoms with Gasteiger partial charge in [0.15, 0.2) is 24.8 Å². The normalized spacial score (nSPS) is 14.0. The maximum Gasteiger partial charge on any atom is 0.280 e. The van der Waals surface area contributed by atoms with Crippen LogP contribution in [0, 0.1) is 6.92 Å². The van der Waals surface area contributed by atoms with Crippen LogP contribution in [0.15, 0.2) is 131 Å². The first kappa shape index (κ1) is 30.1. The van der Waals surface area contributed by atoms with Crippen molar-refractivity contribution in [2.45, 2.75) is 13.8 Å². The highest BCUT2D eigenvalue weighted by Gasteiger charge is 2.28. The molecule has 0 spiro atoms. The molecule has 6 rings (SSSR count). The molecule has 1 amide bonds. The predicted molar refractivity (Wildman–Crippen MR) is 171 cm³/mol. The van der Waals surface area contributed by atoms with Crippen molar-refractivity contribution in [3.8, 4) is 22.7 Å². The van der Waals surface area contributed by atoms with E-state index >= 15 is 0 Å². The van der Waals surface area contributed by atoms with E-state index in [1.165, 1.54) is 33.0 Å². The summed E-state index contributed by atoms with van der Waals surface area (Å²) in [6.07, 6.45) is 11.3. The van der Waals surface area contributed by atoms with Crippen LogP contribution in [0.4, 0.5) is 5.69 Å². The van der Waals surface area contributed by atoms with E-state index in [0.29, 0.717) is 33.9 Å². The smallest absolute Gasteiger partial charge is 0.280 e. The fraction of sp³-hybridized carbons (Fsp3) is 0.114. The Bertz CT molecular complexity index is 1820. The SMILES string of the molecule is CC1=NN(c2ccccc2)C(=O)C1=CC(Cl)=Cc1c(C)nn(-c2ccccc2)c1[O-].C[n+]1ccc(-c2cc[n+](C)cc2)cc1.